The van der Waals surface area contributed by atoms with Gasteiger partial charge in [0.05, 0.1) is 35.5 Å². The van der Waals surface area contributed by atoms with Gasteiger partial charge in [0, 0.05) is 24.1 Å². The number of benzene rings is 2. The minimum Gasteiger partial charge on any atom is -0.452 e. The van der Waals surface area contributed by atoms with Crippen molar-refractivity contribution in [3.63, 3.8) is 0 Å². The molecule has 1 amide bonds. The van der Waals surface area contributed by atoms with Crippen LogP contribution in [0.5, 0.6) is 0 Å². The van der Waals surface area contributed by atoms with E-state index in [1.54, 1.807) is 4.90 Å². The first-order chi connectivity index (χ1) is 16.1. The lowest BCUT2D eigenvalue weighted by Crippen LogP contribution is -2.42. The molecule has 1 saturated carbocycles. The van der Waals surface area contributed by atoms with Crippen LogP contribution in [0.4, 0.5) is 10.5 Å². The van der Waals surface area contributed by atoms with Gasteiger partial charge in [-0.1, -0.05) is 31.4 Å². The Bertz CT molecular complexity index is 1230. The number of nitriles is 1. The molecule has 0 spiro atoms. The molecule has 1 fully saturated rings. The third-order valence-corrected chi connectivity index (χ3v) is 7.26. The van der Waals surface area contributed by atoms with E-state index in [0.717, 1.165) is 46.5 Å². The Morgan fingerprint density at radius 3 is 2.76 bits per heavy atom. The minimum absolute atomic E-state index is 0.0935. The number of carbonyl (C=O) groups excluding carboxylic acids is 1. The topological polar surface area (TPSA) is 71.2 Å². The average Bonchev–Trinajstić information content (AvgIpc) is 3.22. The molecular formula is C27H30N4O2. The summed E-state index contributed by atoms with van der Waals surface area (Å²) in [4.78, 5) is 19.5. The van der Waals surface area contributed by atoms with Gasteiger partial charge in [-0.15, -0.1) is 0 Å². The molecule has 0 radical (unpaired) electrons. The summed E-state index contributed by atoms with van der Waals surface area (Å²) < 4.78 is 7.54. The van der Waals surface area contributed by atoms with Gasteiger partial charge in [0.25, 0.3) is 0 Å². The monoisotopic (exact) mass is 442 g/mol. The molecule has 0 bridgehead atoms. The Labute approximate surface area is 194 Å². The van der Waals surface area contributed by atoms with Crippen LogP contribution in [-0.4, -0.2) is 28.8 Å². The molecule has 1 aliphatic carbocycles. The highest BCUT2D eigenvalue weighted by Gasteiger charge is 2.32. The molecule has 1 atom stereocenters. The first-order valence-corrected chi connectivity index (χ1v) is 12.0. The maximum absolute atomic E-state index is 12.5. The molecule has 170 valence electrons. The number of carbonyl (C=O) groups is 1. The molecule has 5 rings (SSSR count). The molecular weight excluding hydrogens is 412 g/mol. The van der Waals surface area contributed by atoms with Crippen molar-refractivity contribution in [2.75, 3.05) is 12.0 Å². The standard InChI is InChI=1S/C27H30N4O2/c1-18-11-12-22-23(30(18)27(32)33-2)13-14-24-26(22)29-25(31(24)21-9-4-3-5-10-21)16-19-7-6-8-20(15-19)17-28/h6-8,13-15,18,21H,3-5,9-12,16H2,1-2H3/t18-/m0/s1. The van der Waals surface area contributed by atoms with Gasteiger partial charge in [-0.3, -0.25) is 4.90 Å². The number of methoxy groups -OCH3 is 1. The van der Waals surface area contributed by atoms with Crippen molar-refractivity contribution in [3.05, 3.63) is 58.9 Å². The summed E-state index contributed by atoms with van der Waals surface area (Å²) in [6.07, 6.45) is 8.26. The highest BCUT2D eigenvalue weighted by Crippen LogP contribution is 2.39. The Hall–Kier alpha value is -3.33. The quantitative estimate of drug-likeness (QED) is 0.505. The van der Waals surface area contributed by atoms with Crippen molar-refractivity contribution in [2.45, 2.75) is 70.4 Å². The number of aromatic nitrogens is 2. The lowest BCUT2D eigenvalue weighted by atomic mass is 9.94. The van der Waals surface area contributed by atoms with E-state index in [0.29, 0.717) is 18.0 Å². The zero-order chi connectivity index (χ0) is 22.9. The molecule has 2 heterocycles. The summed E-state index contributed by atoms with van der Waals surface area (Å²) in [5.74, 6) is 1.05. The molecule has 3 aromatic rings. The predicted octanol–water partition coefficient (Wildman–Crippen LogP) is 5.91. The second-order valence-electron chi connectivity index (χ2n) is 9.34. The first-order valence-electron chi connectivity index (χ1n) is 12.0. The lowest BCUT2D eigenvalue weighted by molar-refractivity contribution is 0.175. The number of anilines is 1. The van der Waals surface area contributed by atoms with Crippen LogP contribution in [0.2, 0.25) is 0 Å². The van der Waals surface area contributed by atoms with Crippen LogP contribution in [0, 0.1) is 11.3 Å². The van der Waals surface area contributed by atoms with E-state index in [1.807, 2.05) is 18.2 Å². The number of rotatable bonds is 3. The predicted molar refractivity (Wildman–Crippen MR) is 128 cm³/mol. The number of hydrogen-bond donors (Lipinski definition) is 0. The van der Waals surface area contributed by atoms with Crippen molar-refractivity contribution < 1.29 is 9.53 Å². The van der Waals surface area contributed by atoms with E-state index in [2.05, 4.69) is 35.8 Å². The van der Waals surface area contributed by atoms with Crippen molar-refractivity contribution in [1.29, 1.82) is 5.26 Å². The second-order valence-corrected chi connectivity index (χ2v) is 9.34. The average molecular weight is 443 g/mol. The molecule has 33 heavy (non-hydrogen) atoms. The maximum atomic E-state index is 12.5. The molecule has 2 aromatic carbocycles. The molecule has 0 saturated heterocycles. The van der Waals surface area contributed by atoms with Gasteiger partial charge in [0.15, 0.2) is 0 Å². The Kier molecular flexibility index (Phi) is 5.80. The number of nitrogens with zero attached hydrogens (tertiary/aromatic N) is 4. The molecule has 0 N–H and O–H groups in total. The molecule has 1 aliphatic heterocycles. The largest absolute Gasteiger partial charge is 0.452 e. The maximum Gasteiger partial charge on any atom is 0.414 e. The third-order valence-electron chi connectivity index (χ3n) is 7.26. The zero-order valence-corrected chi connectivity index (χ0v) is 19.4. The summed E-state index contributed by atoms with van der Waals surface area (Å²) >= 11 is 0. The summed E-state index contributed by atoms with van der Waals surface area (Å²) in [6.45, 7) is 2.07. The fraction of sp³-hybridized carbons (Fsp3) is 0.444. The van der Waals surface area contributed by atoms with Gasteiger partial charge in [0.1, 0.15) is 5.82 Å². The van der Waals surface area contributed by atoms with E-state index < -0.39 is 0 Å². The number of aryl methyl sites for hydroxylation is 1. The highest BCUT2D eigenvalue weighted by atomic mass is 16.5. The fourth-order valence-corrected chi connectivity index (χ4v) is 5.63. The zero-order valence-electron chi connectivity index (χ0n) is 19.4. The van der Waals surface area contributed by atoms with E-state index in [1.165, 1.54) is 39.2 Å². The van der Waals surface area contributed by atoms with Gasteiger partial charge in [-0.25, -0.2) is 9.78 Å². The first kappa shape index (κ1) is 21.5. The Morgan fingerprint density at radius 2 is 2.00 bits per heavy atom. The second kappa shape index (κ2) is 8.90. The van der Waals surface area contributed by atoms with Crippen LogP contribution in [0.15, 0.2) is 36.4 Å². The minimum atomic E-state index is -0.317. The van der Waals surface area contributed by atoms with E-state index in [-0.39, 0.29) is 12.1 Å². The van der Waals surface area contributed by atoms with Crippen molar-refractivity contribution in [2.24, 2.45) is 0 Å². The Balaban J connectivity index is 1.65. The summed E-state index contributed by atoms with van der Waals surface area (Å²) in [6, 6.07) is 14.8. The van der Waals surface area contributed by atoms with E-state index >= 15 is 0 Å². The van der Waals surface area contributed by atoms with Crippen LogP contribution < -0.4 is 4.90 Å². The van der Waals surface area contributed by atoms with E-state index in [4.69, 9.17) is 9.72 Å². The van der Waals surface area contributed by atoms with Crippen LogP contribution in [-0.2, 0) is 17.6 Å². The number of fused-ring (bicyclic) bond motifs is 3. The van der Waals surface area contributed by atoms with Crippen LogP contribution in [0.25, 0.3) is 11.0 Å². The number of amides is 1. The smallest absolute Gasteiger partial charge is 0.414 e. The summed E-state index contributed by atoms with van der Waals surface area (Å²) in [5, 5.41) is 9.33. The fourth-order valence-electron chi connectivity index (χ4n) is 5.63. The molecule has 6 heteroatoms. The summed E-state index contributed by atoms with van der Waals surface area (Å²) in [5.41, 5.74) is 5.99. The number of imidazole rings is 1. The van der Waals surface area contributed by atoms with Crippen molar-refractivity contribution in [1.82, 2.24) is 9.55 Å². The number of ether oxygens (including phenoxy) is 1. The number of hydrogen-bond acceptors (Lipinski definition) is 4. The summed E-state index contributed by atoms with van der Waals surface area (Å²) in [7, 11) is 1.44. The van der Waals surface area contributed by atoms with Gasteiger partial charge in [0.2, 0.25) is 0 Å². The molecule has 2 aliphatic rings. The molecule has 0 unspecified atom stereocenters. The molecule has 6 nitrogen and oxygen atoms in total. The van der Waals surface area contributed by atoms with Gasteiger partial charge in [-0.2, -0.15) is 5.26 Å². The van der Waals surface area contributed by atoms with Crippen molar-refractivity contribution in [3.8, 4) is 6.07 Å². The lowest BCUT2D eigenvalue weighted by Gasteiger charge is -2.34. The van der Waals surface area contributed by atoms with Crippen LogP contribution >= 0.6 is 0 Å². The van der Waals surface area contributed by atoms with Crippen LogP contribution in [0.1, 0.15) is 74.0 Å². The Morgan fingerprint density at radius 1 is 1.18 bits per heavy atom. The normalized spacial score (nSPS) is 18.7. The van der Waals surface area contributed by atoms with Gasteiger partial charge >= 0.3 is 6.09 Å². The van der Waals surface area contributed by atoms with Gasteiger partial charge < -0.3 is 9.30 Å². The molecule has 1 aromatic heterocycles. The SMILES string of the molecule is COC(=O)N1c2ccc3c(nc(Cc4cccc(C#N)c4)n3C3CCCCC3)c2CC[C@@H]1C. The van der Waals surface area contributed by atoms with E-state index in [9.17, 15) is 10.1 Å². The van der Waals surface area contributed by atoms with Crippen molar-refractivity contribution >= 4 is 22.8 Å². The third kappa shape index (κ3) is 3.86. The van der Waals surface area contributed by atoms with Crippen LogP contribution in [0.3, 0.4) is 0 Å². The highest BCUT2D eigenvalue weighted by molar-refractivity contribution is 5.95. The van der Waals surface area contributed by atoms with Gasteiger partial charge in [-0.05, 0) is 62.4 Å².